The summed E-state index contributed by atoms with van der Waals surface area (Å²) in [5.74, 6) is 4.63. The molecule has 6 heteroatoms. The van der Waals surface area contributed by atoms with E-state index in [1.807, 2.05) is 0 Å². The molecule has 0 saturated carbocycles. The Bertz CT molecular complexity index is 238. The topological polar surface area (TPSA) is 106 Å². The Balaban J connectivity index is 2.72. The maximum absolute atomic E-state index is 10.5. The third kappa shape index (κ3) is 1.60. The average molecular weight is 153 g/mol. The lowest BCUT2D eigenvalue weighted by Crippen LogP contribution is -2.26. The molecule has 0 fully saturated rings. The fraction of sp³-hybridized carbons (Fsp3) is 0.200. The van der Waals surface area contributed by atoms with Gasteiger partial charge in [-0.2, -0.15) is 10.2 Å². The molecule has 1 amide bonds. The fourth-order valence-electron chi connectivity index (χ4n) is 0.591. The van der Waals surface area contributed by atoms with E-state index in [0.717, 1.165) is 0 Å². The number of carbonyl (C=O) groups excluding carboxylic acids is 1. The summed E-state index contributed by atoms with van der Waals surface area (Å²) in [4.78, 5) is 10.5. The first-order valence-electron chi connectivity index (χ1n) is 2.90. The van der Waals surface area contributed by atoms with Crippen molar-refractivity contribution in [2.75, 3.05) is 0 Å². The summed E-state index contributed by atoms with van der Waals surface area (Å²) in [5, 5.41) is 10.3. The number of primary amides is 1. The molecule has 1 unspecified atom stereocenters. The highest BCUT2D eigenvalue weighted by Crippen LogP contribution is 2.01. The molecule has 4 N–H and O–H groups in total. The van der Waals surface area contributed by atoms with Gasteiger partial charge in [-0.1, -0.05) is 0 Å². The Morgan fingerprint density at radius 1 is 1.73 bits per heavy atom. The molecule has 6 nitrogen and oxygen atoms in total. The van der Waals surface area contributed by atoms with Crippen LogP contribution in [-0.2, 0) is 4.79 Å². The predicted octanol–water partition coefficient (Wildman–Crippen LogP) is -0.865. The molecule has 0 spiro atoms. The number of azo groups is 1. The lowest BCUT2D eigenvalue weighted by atomic mass is 10.2. The van der Waals surface area contributed by atoms with E-state index in [-0.39, 0.29) is 5.84 Å². The highest BCUT2D eigenvalue weighted by Gasteiger charge is 2.13. The van der Waals surface area contributed by atoms with Gasteiger partial charge in [0.05, 0.1) is 0 Å². The molecule has 11 heavy (non-hydrogen) atoms. The molecule has 0 aromatic rings. The minimum absolute atomic E-state index is 0.280. The lowest BCUT2D eigenvalue weighted by molar-refractivity contribution is -0.118. The van der Waals surface area contributed by atoms with Crippen LogP contribution >= 0.6 is 0 Å². The molecule has 1 atom stereocenters. The Morgan fingerprint density at radius 3 is 2.82 bits per heavy atom. The summed E-state index contributed by atoms with van der Waals surface area (Å²) in [6, 6.07) is -0.680. The molecule has 0 saturated heterocycles. The molecular formula is C5H7N5O. The van der Waals surface area contributed by atoms with Crippen molar-refractivity contribution in [2.24, 2.45) is 26.9 Å². The third-order valence-electron chi connectivity index (χ3n) is 1.14. The second kappa shape index (κ2) is 2.91. The van der Waals surface area contributed by atoms with E-state index in [9.17, 15) is 4.79 Å². The molecule has 0 aliphatic carbocycles. The van der Waals surface area contributed by atoms with E-state index >= 15 is 0 Å². The number of hydrogen-bond donors (Lipinski definition) is 2. The van der Waals surface area contributed by atoms with Crippen LogP contribution in [0.5, 0.6) is 0 Å². The van der Waals surface area contributed by atoms with Gasteiger partial charge in [-0.25, -0.2) is 0 Å². The predicted molar refractivity (Wildman–Crippen MR) is 38.6 cm³/mol. The van der Waals surface area contributed by atoms with Crippen molar-refractivity contribution in [3.05, 3.63) is 12.2 Å². The van der Waals surface area contributed by atoms with Gasteiger partial charge in [0.2, 0.25) is 5.91 Å². The number of hydrogen-bond acceptors (Lipinski definition) is 4. The van der Waals surface area contributed by atoms with Crippen LogP contribution in [0.15, 0.2) is 27.5 Å². The Labute approximate surface area is 62.7 Å². The highest BCUT2D eigenvalue weighted by molar-refractivity contribution is 5.95. The van der Waals surface area contributed by atoms with E-state index in [1.54, 1.807) is 0 Å². The number of hydrazone groups is 1. The molecular weight excluding hydrogens is 146 g/mol. The monoisotopic (exact) mass is 153 g/mol. The van der Waals surface area contributed by atoms with Crippen molar-refractivity contribution < 1.29 is 4.79 Å². The smallest absolute Gasteiger partial charge is 0.248 e. The first-order chi connectivity index (χ1) is 5.24. The van der Waals surface area contributed by atoms with Gasteiger partial charge in [0.15, 0.2) is 11.9 Å². The second-order valence-corrected chi connectivity index (χ2v) is 1.91. The molecule has 58 valence electrons. The van der Waals surface area contributed by atoms with Gasteiger partial charge in [0.25, 0.3) is 0 Å². The van der Waals surface area contributed by atoms with E-state index in [1.165, 1.54) is 12.2 Å². The van der Waals surface area contributed by atoms with Crippen molar-refractivity contribution in [1.82, 2.24) is 0 Å². The van der Waals surface area contributed by atoms with Crippen LogP contribution in [0, 0.1) is 0 Å². The van der Waals surface area contributed by atoms with E-state index in [0.29, 0.717) is 0 Å². The Kier molecular flexibility index (Phi) is 1.95. The maximum Gasteiger partial charge on any atom is 0.248 e. The van der Waals surface area contributed by atoms with E-state index < -0.39 is 11.9 Å². The minimum atomic E-state index is -0.680. The summed E-state index contributed by atoms with van der Waals surface area (Å²) in [5.41, 5.74) is 4.94. The SMILES string of the molecule is N/N=C1/C=CC(C(N)=O)N=N1. The van der Waals surface area contributed by atoms with Gasteiger partial charge >= 0.3 is 0 Å². The fourth-order valence-corrected chi connectivity index (χ4v) is 0.591. The Hall–Kier alpha value is -1.72. The van der Waals surface area contributed by atoms with Crippen molar-refractivity contribution in [2.45, 2.75) is 6.04 Å². The first kappa shape index (κ1) is 7.39. The maximum atomic E-state index is 10.5. The number of amides is 1. The van der Waals surface area contributed by atoms with Crippen LogP contribution in [-0.4, -0.2) is 17.8 Å². The molecule has 1 heterocycles. The van der Waals surface area contributed by atoms with Gasteiger partial charge in [-0.05, 0) is 12.2 Å². The molecule has 1 rings (SSSR count). The normalized spacial score (nSPS) is 25.8. The highest BCUT2D eigenvalue weighted by atomic mass is 16.1. The van der Waals surface area contributed by atoms with Gasteiger partial charge in [0.1, 0.15) is 0 Å². The number of amidine groups is 1. The summed E-state index contributed by atoms with van der Waals surface area (Å²) < 4.78 is 0. The van der Waals surface area contributed by atoms with Crippen LogP contribution in [0.1, 0.15) is 0 Å². The largest absolute Gasteiger partial charge is 0.367 e. The van der Waals surface area contributed by atoms with Crippen LogP contribution in [0.4, 0.5) is 0 Å². The van der Waals surface area contributed by atoms with Gasteiger partial charge < -0.3 is 11.6 Å². The number of carbonyl (C=O) groups is 1. The summed E-state index contributed by atoms with van der Waals surface area (Å²) in [6.45, 7) is 0. The van der Waals surface area contributed by atoms with Crippen LogP contribution in [0.2, 0.25) is 0 Å². The van der Waals surface area contributed by atoms with Gasteiger partial charge in [0, 0.05) is 0 Å². The van der Waals surface area contributed by atoms with Crippen molar-refractivity contribution in [1.29, 1.82) is 0 Å². The lowest BCUT2D eigenvalue weighted by Gasteiger charge is -2.03. The summed E-state index contributed by atoms with van der Waals surface area (Å²) in [7, 11) is 0. The van der Waals surface area contributed by atoms with Crippen LogP contribution < -0.4 is 11.6 Å². The molecule has 0 bridgehead atoms. The molecule has 1 aliphatic heterocycles. The van der Waals surface area contributed by atoms with Crippen LogP contribution in [0.3, 0.4) is 0 Å². The zero-order valence-corrected chi connectivity index (χ0v) is 5.64. The number of nitrogens with two attached hydrogens (primary N) is 2. The standard InChI is InChI=1S/C5H7N5O/c6-5(11)3-1-2-4(8-7)10-9-3/h1-3H,7H2,(H2,6,11)/b8-4-. The molecule has 1 aliphatic rings. The van der Waals surface area contributed by atoms with Crippen molar-refractivity contribution >= 4 is 11.7 Å². The van der Waals surface area contributed by atoms with Crippen LogP contribution in [0.25, 0.3) is 0 Å². The molecule has 0 aromatic heterocycles. The first-order valence-corrected chi connectivity index (χ1v) is 2.90. The van der Waals surface area contributed by atoms with Crippen molar-refractivity contribution in [3.63, 3.8) is 0 Å². The molecule has 0 radical (unpaired) electrons. The molecule has 0 aromatic carbocycles. The minimum Gasteiger partial charge on any atom is -0.367 e. The average Bonchev–Trinajstić information content (AvgIpc) is 2.05. The number of nitrogens with zero attached hydrogens (tertiary/aromatic N) is 3. The van der Waals surface area contributed by atoms with E-state index in [2.05, 4.69) is 15.3 Å². The van der Waals surface area contributed by atoms with Crippen molar-refractivity contribution in [3.8, 4) is 0 Å². The summed E-state index contributed by atoms with van der Waals surface area (Å²) >= 11 is 0. The number of rotatable bonds is 1. The summed E-state index contributed by atoms with van der Waals surface area (Å²) in [6.07, 6.45) is 2.98. The third-order valence-corrected chi connectivity index (χ3v) is 1.14. The second-order valence-electron chi connectivity index (χ2n) is 1.91. The van der Waals surface area contributed by atoms with E-state index in [4.69, 9.17) is 11.6 Å². The van der Waals surface area contributed by atoms with Gasteiger partial charge in [-0.3, -0.25) is 4.79 Å². The zero-order valence-electron chi connectivity index (χ0n) is 5.64. The zero-order chi connectivity index (χ0) is 8.27. The Morgan fingerprint density at radius 2 is 2.45 bits per heavy atom. The quantitative estimate of drug-likeness (QED) is 0.377. The van der Waals surface area contributed by atoms with Gasteiger partial charge in [-0.15, -0.1) is 5.11 Å².